The maximum Gasteiger partial charge on any atom is 0.322 e. The highest BCUT2D eigenvalue weighted by atomic mass is 32.2. The fourth-order valence-corrected chi connectivity index (χ4v) is 2.50. The first-order valence-electron chi connectivity index (χ1n) is 5.96. The molecule has 1 aromatic carbocycles. The molecule has 0 fully saturated rings. The van der Waals surface area contributed by atoms with Gasteiger partial charge in [0.2, 0.25) is 10.0 Å². The van der Waals surface area contributed by atoms with E-state index in [0.29, 0.717) is 0 Å². The molecule has 7 heteroatoms. The zero-order valence-corrected chi connectivity index (χ0v) is 12.7. The summed E-state index contributed by atoms with van der Waals surface area (Å²) in [5.41, 5.74) is 0.698. The lowest BCUT2D eigenvalue weighted by atomic mass is 9.87. The van der Waals surface area contributed by atoms with Gasteiger partial charge >= 0.3 is 5.97 Å². The van der Waals surface area contributed by atoms with Crippen LogP contribution < -0.4 is 4.72 Å². The molecule has 0 aromatic heterocycles. The number of aromatic hydroxyl groups is 1. The summed E-state index contributed by atoms with van der Waals surface area (Å²) in [6.45, 7) is 5.89. The van der Waals surface area contributed by atoms with Crippen molar-refractivity contribution in [2.75, 3.05) is 17.6 Å². The molecule has 0 aliphatic heterocycles. The fraction of sp³-hybridized carbons (Fsp3) is 0.462. The number of nitrogens with one attached hydrogen (secondary N) is 1. The van der Waals surface area contributed by atoms with Crippen LogP contribution in [0.2, 0.25) is 0 Å². The number of sulfonamides is 1. The van der Waals surface area contributed by atoms with Crippen LogP contribution in [0, 0.1) is 0 Å². The molecule has 0 atom stereocenters. The number of phenols is 1. The third-order valence-corrected chi connectivity index (χ3v) is 3.81. The van der Waals surface area contributed by atoms with Crippen molar-refractivity contribution < 1.29 is 23.1 Å². The zero-order chi connectivity index (χ0) is 15.6. The molecular weight excluding hydrogens is 282 g/mol. The minimum Gasteiger partial charge on any atom is -0.506 e. The Balaban J connectivity index is 3.06. The standard InChI is InChI=1S/C13H19NO5S/c1-13(2,3)9-5-6-11(15)10(7-9)14-20(17,18)8-12(16)19-4/h5-7,14-15H,8H2,1-4H3. The van der Waals surface area contributed by atoms with Gasteiger partial charge in [-0.1, -0.05) is 26.8 Å². The van der Waals surface area contributed by atoms with E-state index in [1.165, 1.54) is 6.07 Å². The second-order valence-electron chi connectivity index (χ2n) is 5.42. The van der Waals surface area contributed by atoms with Gasteiger partial charge in [-0.3, -0.25) is 9.52 Å². The monoisotopic (exact) mass is 301 g/mol. The summed E-state index contributed by atoms with van der Waals surface area (Å²) in [7, 11) is -2.81. The largest absolute Gasteiger partial charge is 0.506 e. The molecule has 2 N–H and O–H groups in total. The van der Waals surface area contributed by atoms with E-state index in [1.807, 2.05) is 20.8 Å². The van der Waals surface area contributed by atoms with Crippen LogP contribution in [0.4, 0.5) is 5.69 Å². The smallest absolute Gasteiger partial charge is 0.322 e. The van der Waals surface area contributed by atoms with Gasteiger partial charge in [-0.2, -0.15) is 0 Å². The van der Waals surface area contributed by atoms with Crippen LogP contribution in [0.15, 0.2) is 18.2 Å². The van der Waals surface area contributed by atoms with Crippen LogP contribution in [-0.2, 0) is 25.0 Å². The van der Waals surface area contributed by atoms with Gasteiger partial charge in [0.25, 0.3) is 0 Å². The van der Waals surface area contributed by atoms with Crippen molar-refractivity contribution in [1.82, 2.24) is 0 Å². The molecule has 0 heterocycles. The summed E-state index contributed by atoms with van der Waals surface area (Å²) < 4.78 is 30.0. The number of methoxy groups -OCH3 is 1. The van der Waals surface area contributed by atoms with Gasteiger partial charge in [0.05, 0.1) is 12.8 Å². The van der Waals surface area contributed by atoms with Crippen LogP contribution in [0.1, 0.15) is 26.3 Å². The lowest BCUT2D eigenvalue weighted by molar-refractivity contribution is -0.137. The average Bonchev–Trinajstić information content (AvgIpc) is 2.29. The van der Waals surface area contributed by atoms with E-state index >= 15 is 0 Å². The highest BCUT2D eigenvalue weighted by Gasteiger charge is 2.20. The Morgan fingerprint density at radius 3 is 2.45 bits per heavy atom. The predicted octanol–water partition coefficient (Wildman–Crippen LogP) is 1.60. The predicted molar refractivity (Wildman–Crippen MR) is 76.2 cm³/mol. The van der Waals surface area contributed by atoms with E-state index in [1.54, 1.807) is 12.1 Å². The third kappa shape index (κ3) is 4.41. The average molecular weight is 301 g/mol. The molecule has 0 unspecified atom stereocenters. The molecule has 0 saturated heterocycles. The van der Waals surface area contributed by atoms with E-state index in [2.05, 4.69) is 9.46 Å². The van der Waals surface area contributed by atoms with Gasteiger partial charge in [-0.15, -0.1) is 0 Å². The Labute approximate surface area is 118 Å². The van der Waals surface area contributed by atoms with Crippen molar-refractivity contribution in [2.45, 2.75) is 26.2 Å². The molecule has 0 amide bonds. The molecule has 20 heavy (non-hydrogen) atoms. The van der Waals surface area contributed by atoms with Crippen LogP contribution in [0.5, 0.6) is 5.75 Å². The summed E-state index contributed by atoms with van der Waals surface area (Å²) in [5, 5.41) is 9.71. The summed E-state index contributed by atoms with van der Waals surface area (Å²) in [6.07, 6.45) is 0. The van der Waals surface area contributed by atoms with Crippen molar-refractivity contribution in [1.29, 1.82) is 0 Å². The summed E-state index contributed by atoms with van der Waals surface area (Å²) in [6, 6.07) is 4.67. The Bertz CT molecular complexity index is 602. The molecule has 0 bridgehead atoms. The van der Waals surface area contributed by atoms with Crippen LogP contribution in [0.25, 0.3) is 0 Å². The van der Waals surface area contributed by atoms with Crippen molar-refractivity contribution >= 4 is 21.7 Å². The number of anilines is 1. The molecule has 112 valence electrons. The van der Waals surface area contributed by atoms with Gasteiger partial charge in [0.1, 0.15) is 5.75 Å². The van der Waals surface area contributed by atoms with Crippen molar-refractivity contribution in [3.8, 4) is 5.75 Å². The first-order chi connectivity index (χ1) is 9.05. The first kappa shape index (κ1) is 16.3. The summed E-state index contributed by atoms with van der Waals surface area (Å²) in [4.78, 5) is 11.0. The van der Waals surface area contributed by atoms with E-state index in [0.717, 1.165) is 12.7 Å². The number of hydrogen-bond donors (Lipinski definition) is 2. The highest BCUT2D eigenvalue weighted by Crippen LogP contribution is 2.31. The van der Waals surface area contributed by atoms with Crippen molar-refractivity contribution in [3.63, 3.8) is 0 Å². The minimum atomic E-state index is -3.92. The molecular formula is C13H19NO5S. The number of carbonyl (C=O) groups is 1. The molecule has 0 saturated carbocycles. The van der Waals surface area contributed by atoms with E-state index in [-0.39, 0.29) is 16.9 Å². The molecule has 0 aliphatic carbocycles. The number of carbonyl (C=O) groups excluding carboxylic acids is 1. The Morgan fingerprint density at radius 2 is 1.95 bits per heavy atom. The number of benzene rings is 1. The van der Waals surface area contributed by atoms with Gasteiger partial charge in [0, 0.05) is 0 Å². The van der Waals surface area contributed by atoms with Crippen molar-refractivity contribution in [2.24, 2.45) is 0 Å². The zero-order valence-electron chi connectivity index (χ0n) is 11.9. The number of hydrogen-bond acceptors (Lipinski definition) is 5. The summed E-state index contributed by atoms with van der Waals surface area (Å²) in [5.74, 6) is -1.88. The topological polar surface area (TPSA) is 92.7 Å². The Kier molecular flexibility index (Phi) is 4.65. The normalized spacial score (nSPS) is 12.0. The molecule has 0 aliphatic rings. The summed E-state index contributed by atoms with van der Waals surface area (Å²) >= 11 is 0. The molecule has 0 radical (unpaired) electrons. The SMILES string of the molecule is COC(=O)CS(=O)(=O)Nc1cc(C(C)(C)C)ccc1O. The Hall–Kier alpha value is -1.76. The van der Waals surface area contributed by atoms with Crippen molar-refractivity contribution in [3.05, 3.63) is 23.8 Å². The quantitative estimate of drug-likeness (QED) is 0.651. The van der Waals surface area contributed by atoms with E-state index < -0.39 is 21.7 Å². The van der Waals surface area contributed by atoms with E-state index in [4.69, 9.17) is 0 Å². The van der Waals surface area contributed by atoms with Gasteiger partial charge in [-0.05, 0) is 23.1 Å². The van der Waals surface area contributed by atoms with Crippen LogP contribution >= 0.6 is 0 Å². The number of phenolic OH excluding ortho intramolecular Hbond substituents is 1. The molecule has 1 rings (SSSR count). The van der Waals surface area contributed by atoms with Gasteiger partial charge in [0.15, 0.2) is 5.75 Å². The second kappa shape index (κ2) is 5.70. The lowest BCUT2D eigenvalue weighted by Crippen LogP contribution is -2.24. The van der Waals surface area contributed by atoms with E-state index in [9.17, 15) is 18.3 Å². The first-order valence-corrected chi connectivity index (χ1v) is 7.61. The Morgan fingerprint density at radius 1 is 1.35 bits per heavy atom. The number of rotatable bonds is 4. The maximum atomic E-state index is 11.8. The number of ether oxygens (including phenoxy) is 1. The number of esters is 1. The molecule has 0 spiro atoms. The van der Waals surface area contributed by atoms with Crippen LogP contribution in [-0.4, -0.2) is 32.4 Å². The maximum absolute atomic E-state index is 11.8. The van der Waals surface area contributed by atoms with Gasteiger partial charge < -0.3 is 9.84 Å². The van der Waals surface area contributed by atoms with Gasteiger partial charge in [-0.25, -0.2) is 8.42 Å². The highest BCUT2D eigenvalue weighted by molar-refractivity contribution is 7.93. The molecule has 1 aromatic rings. The fourth-order valence-electron chi connectivity index (χ4n) is 1.50. The third-order valence-electron chi connectivity index (χ3n) is 2.66. The second-order valence-corrected chi connectivity index (χ2v) is 7.14. The molecule has 6 nitrogen and oxygen atoms in total. The van der Waals surface area contributed by atoms with Crippen LogP contribution in [0.3, 0.4) is 0 Å². The minimum absolute atomic E-state index is 0.0429. The lowest BCUT2D eigenvalue weighted by Gasteiger charge is -2.20.